The first-order valence-corrected chi connectivity index (χ1v) is 4.16. The van der Waals surface area contributed by atoms with Gasteiger partial charge in [-0.3, -0.25) is 0 Å². The van der Waals surface area contributed by atoms with Gasteiger partial charge in [0, 0.05) is 6.42 Å². The molecule has 1 aromatic rings. The summed E-state index contributed by atoms with van der Waals surface area (Å²) in [7, 11) is 0. The Hall–Kier alpha value is -1.06. The SMILES string of the molecule is Cc1ccccc1CC(F)C(F)(F)F. The molecular weight excluding hydrogens is 196 g/mol. The second-order valence-electron chi connectivity index (χ2n) is 3.14. The molecule has 0 fully saturated rings. The predicted octanol–water partition coefficient (Wildman–Crippen LogP) is 3.44. The molecule has 78 valence electrons. The van der Waals surface area contributed by atoms with Crippen molar-refractivity contribution in [1.82, 2.24) is 0 Å². The Morgan fingerprint density at radius 3 is 2.29 bits per heavy atom. The van der Waals surface area contributed by atoms with Crippen molar-refractivity contribution >= 4 is 0 Å². The average molecular weight is 206 g/mol. The molecule has 1 unspecified atom stereocenters. The van der Waals surface area contributed by atoms with E-state index in [-0.39, 0.29) is 0 Å². The molecule has 0 amide bonds. The van der Waals surface area contributed by atoms with Crippen molar-refractivity contribution in [2.45, 2.75) is 25.7 Å². The molecular formula is C10H10F4. The van der Waals surface area contributed by atoms with E-state index in [2.05, 4.69) is 0 Å². The zero-order valence-electron chi connectivity index (χ0n) is 7.61. The lowest BCUT2D eigenvalue weighted by Crippen LogP contribution is -2.26. The molecule has 0 bridgehead atoms. The molecule has 0 saturated carbocycles. The molecule has 0 N–H and O–H groups in total. The monoisotopic (exact) mass is 206 g/mol. The van der Waals surface area contributed by atoms with Gasteiger partial charge in [0.05, 0.1) is 0 Å². The molecule has 0 heterocycles. The van der Waals surface area contributed by atoms with E-state index in [9.17, 15) is 17.6 Å². The molecule has 4 heteroatoms. The summed E-state index contributed by atoms with van der Waals surface area (Å²) in [6, 6.07) is 6.48. The molecule has 0 aliphatic rings. The van der Waals surface area contributed by atoms with Gasteiger partial charge >= 0.3 is 6.18 Å². The van der Waals surface area contributed by atoms with Gasteiger partial charge in [0.25, 0.3) is 0 Å². The van der Waals surface area contributed by atoms with Gasteiger partial charge in [-0.25, -0.2) is 4.39 Å². The van der Waals surface area contributed by atoms with Gasteiger partial charge in [-0.05, 0) is 18.1 Å². The topological polar surface area (TPSA) is 0 Å². The van der Waals surface area contributed by atoms with Crippen LogP contribution in [0.1, 0.15) is 11.1 Å². The fourth-order valence-electron chi connectivity index (χ4n) is 1.15. The maximum absolute atomic E-state index is 12.7. The Labute approximate surface area is 79.6 Å². The maximum Gasteiger partial charge on any atom is 0.419 e. The number of benzene rings is 1. The first kappa shape index (κ1) is 11.0. The van der Waals surface area contributed by atoms with Crippen molar-refractivity contribution in [3.8, 4) is 0 Å². The first-order chi connectivity index (χ1) is 6.41. The Kier molecular flexibility index (Phi) is 3.13. The third-order valence-electron chi connectivity index (χ3n) is 2.02. The van der Waals surface area contributed by atoms with Gasteiger partial charge in [0.2, 0.25) is 0 Å². The van der Waals surface area contributed by atoms with Crippen LogP contribution in [-0.4, -0.2) is 12.3 Å². The molecule has 1 rings (SSSR count). The summed E-state index contributed by atoms with van der Waals surface area (Å²) in [5.41, 5.74) is 1.08. The predicted molar refractivity (Wildman–Crippen MR) is 45.8 cm³/mol. The fourth-order valence-corrected chi connectivity index (χ4v) is 1.15. The highest BCUT2D eigenvalue weighted by Gasteiger charge is 2.39. The molecule has 0 radical (unpaired) electrons. The largest absolute Gasteiger partial charge is 0.419 e. The number of hydrogen-bond acceptors (Lipinski definition) is 0. The quantitative estimate of drug-likeness (QED) is 0.650. The van der Waals surface area contributed by atoms with E-state index >= 15 is 0 Å². The summed E-state index contributed by atoms with van der Waals surface area (Å²) < 4.78 is 48.3. The van der Waals surface area contributed by atoms with E-state index in [1.54, 1.807) is 25.1 Å². The lowest BCUT2D eigenvalue weighted by molar-refractivity contribution is -0.179. The molecule has 0 aliphatic carbocycles. The summed E-state index contributed by atoms with van der Waals surface area (Å²) in [6.07, 6.45) is -8.14. The molecule has 1 atom stereocenters. The average Bonchev–Trinajstić information content (AvgIpc) is 2.07. The van der Waals surface area contributed by atoms with E-state index in [4.69, 9.17) is 0 Å². The van der Waals surface area contributed by atoms with E-state index in [1.807, 2.05) is 0 Å². The van der Waals surface area contributed by atoms with Crippen molar-refractivity contribution in [1.29, 1.82) is 0 Å². The molecule has 0 aromatic heterocycles. The number of alkyl halides is 4. The summed E-state index contributed by atoms with van der Waals surface area (Å²) in [6.45, 7) is 1.67. The van der Waals surface area contributed by atoms with E-state index in [0.717, 1.165) is 0 Å². The second-order valence-corrected chi connectivity index (χ2v) is 3.14. The summed E-state index contributed by atoms with van der Waals surface area (Å²) >= 11 is 0. The van der Waals surface area contributed by atoms with Gasteiger partial charge in [-0.2, -0.15) is 13.2 Å². The maximum atomic E-state index is 12.7. The van der Waals surface area contributed by atoms with Crippen LogP contribution < -0.4 is 0 Å². The first-order valence-electron chi connectivity index (χ1n) is 4.16. The van der Waals surface area contributed by atoms with Crippen LogP contribution in [0.15, 0.2) is 24.3 Å². The van der Waals surface area contributed by atoms with Crippen molar-refractivity contribution in [2.75, 3.05) is 0 Å². The number of halogens is 4. The fraction of sp³-hybridized carbons (Fsp3) is 0.400. The Balaban J connectivity index is 2.75. The third kappa shape index (κ3) is 2.72. The molecule has 14 heavy (non-hydrogen) atoms. The Morgan fingerprint density at radius 1 is 1.21 bits per heavy atom. The normalized spacial score (nSPS) is 14.1. The lowest BCUT2D eigenvalue weighted by Gasteiger charge is -2.13. The minimum absolute atomic E-state index is 0.400. The van der Waals surface area contributed by atoms with E-state index in [1.165, 1.54) is 6.07 Å². The summed E-state index contributed by atoms with van der Waals surface area (Å²) in [5, 5.41) is 0. The molecule has 0 aliphatic heterocycles. The molecule has 0 spiro atoms. The summed E-state index contributed by atoms with van der Waals surface area (Å²) in [5.74, 6) is 0. The van der Waals surface area contributed by atoms with Gasteiger partial charge < -0.3 is 0 Å². The Morgan fingerprint density at radius 2 is 1.79 bits per heavy atom. The summed E-state index contributed by atoms with van der Waals surface area (Å²) in [4.78, 5) is 0. The molecule has 0 nitrogen and oxygen atoms in total. The third-order valence-corrected chi connectivity index (χ3v) is 2.02. The van der Waals surface area contributed by atoms with Gasteiger partial charge in [-0.15, -0.1) is 0 Å². The zero-order valence-corrected chi connectivity index (χ0v) is 7.61. The van der Waals surface area contributed by atoms with E-state index in [0.29, 0.717) is 11.1 Å². The highest BCUT2D eigenvalue weighted by Crippen LogP contribution is 2.26. The number of hydrogen-bond donors (Lipinski definition) is 0. The van der Waals surface area contributed by atoms with Crippen molar-refractivity contribution < 1.29 is 17.6 Å². The van der Waals surface area contributed by atoms with Crippen molar-refractivity contribution in [3.63, 3.8) is 0 Å². The zero-order chi connectivity index (χ0) is 10.8. The number of aryl methyl sites for hydroxylation is 1. The van der Waals surface area contributed by atoms with Crippen LogP contribution in [0.4, 0.5) is 17.6 Å². The van der Waals surface area contributed by atoms with Crippen molar-refractivity contribution in [3.05, 3.63) is 35.4 Å². The lowest BCUT2D eigenvalue weighted by atomic mass is 10.0. The van der Waals surface area contributed by atoms with Crippen molar-refractivity contribution in [2.24, 2.45) is 0 Å². The van der Waals surface area contributed by atoms with Crippen LogP contribution in [-0.2, 0) is 6.42 Å². The smallest absolute Gasteiger partial charge is 0.237 e. The molecule has 1 aromatic carbocycles. The van der Waals surface area contributed by atoms with Crippen LogP contribution >= 0.6 is 0 Å². The second kappa shape index (κ2) is 3.98. The Bertz CT molecular complexity index is 303. The van der Waals surface area contributed by atoms with Gasteiger partial charge in [0.15, 0.2) is 6.17 Å². The van der Waals surface area contributed by atoms with Crippen LogP contribution in [0.25, 0.3) is 0 Å². The minimum atomic E-state index is -4.76. The van der Waals surface area contributed by atoms with Crippen LogP contribution in [0, 0.1) is 6.92 Å². The van der Waals surface area contributed by atoms with Gasteiger partial charge in [-0.1, -0.05) is 24.3 Å². The van der Waals surface area contributed by atoms with Crippen LogP contribution in [0.5, 0.6) is 0 Å². The van der Waals surface area contributed by atoms with Gasteiger partial charge in [0.1, 0.15) is 0 Å². The standard InChI is InChI=1S/C10H10F4/c1-7-4-2-3-5-8(7)6-9(11)10(12,13)14/h2-5,9H,6H2,1H3. The van der Waals surface area contributed by atoms with Crippen LogP contribution in [0.3, 0.4) is 0 Å². The highest BCUT2D eigenvalue weighted by atomic mass is 19.4. The minimum Gasteiger partial charge on any atom is -0.237 e. The highest BCUT2D eigenvalue weighted by molar-refractivity contribution is 5.26. The molecule has 0 saturated heterocycles. The van der Waals surface area contributed by atoms with Crippen LogP contribution in [0.2, 0.25) is 0 Å². The number of rotatable bonds is 2. The van der Waals surface area contributed by atoms with E-state index < -0.39 is 18.8 Å².